The Kier molecular flexibility index (Phi) is 6.00. The number of nitrogens with zero attached hydrogens (tertiary/aromatic N) is 2. The van der Waals surface area contributed by atoms with E-state index in [0.29, 0.717) is 37.6 Å². The van der Waals surface area contributed by atoms with Crippen molar-refractivity contribution in [3.63, 3.8) is 0 Å². The fourth-order valence-electron chi connectivity index (χ4n) is 2.87. The van der Waals surface area contributed by atoms with Gasteiger partial charge < -0.3 is 9.64 Å². The van der Waals surface area contributed by atoms with E-state index in [9.17, 15) is 14.0 Å². The van der Waals surface area contributed by atoms with Gasteiger partial charge in [0, 0.05) is 24.3 Å². The van der Waals surface area contributed by atoms with Crippen LogP contribution in [0.15, 0.2) is 48.5 Å². The third-order valence-corrected chi connectivity index (χ3v) is 4.32. The number of anilines is 1. The number of urea groups is 1. The molecular weight excluding hydrogens is 351 g/mol. The normalized spacial score (nSPS) is 13.9. The maximum Gasteiger partial charge on any atom is 0.324 e. The molecule has 0 radical (unpaired) electrons. The fraction of sp³-hybridized carbons (Fsp3) is 0.263. The van der Waals surface area contributed by atoms with Crippen LogP contribution < -0.4 is 16.2 Å². The molecule has 142 valence electrons. The quantitative estimate of drug-likeness (QED) is 0.487. The van der Waals surface area contributed by atoms with Crippen molar-refractivity contribution < 1.29 is 18.7 Å². The number of hydrazine groups is 1. The summed E-state index contributed by atoms with van der Waals surface area (Å²) in [4.78, 5) is 27.8. The second-order valence-electron chi connectivity index (χ2n) is 6.12. The highest BCUT2D eigenvalue weighted by Gasteiger charge is 2.24. The first-order valence-corrected chi connectivity index (χ1v) is 8.58. The minimum Gasteiger partial charge on any atom is -0.378 e. The Bertz CT molecular complexity index is 807. The number of hydrogen-bond donors (Lipinski definition) is 2. The van der Waals surface area contributed by atoms with Crippen LogP contribution in [0.25, 0.3) is 0 Å². The topological polar surface area (TPSA) is 87.9 Å². The van der Waals surface area contributed by atoms with E-state index < -0.39 is 11.7 Å². The van der Waals surface area contributed by atoms with Crippen LogP contribution in [-0.2, 0) is 11.3 Å². The molecule has 1 fully saturated rings. The molecule has 2 aromatic rings. The van der Waals surface area contributed by atoms with Crippen LogP contribution in [0.2, 0.25) is 0 Å². The molecule has 0 unspecified atom stereocenters. The summed E-state index contributed by atoms with van der Waals surface area (Å²) >= 11 is 0. The van der Waals surface area contributed by atoms with Crippen molar-refractivity contribution in [2.75, 3.05) is 31.2 Å². The standard InChI is InChI=1S/C19H21FN4O3/c20-16-2-1-3-17(12-16)24(19(26)23-8-10-27-11-9-23)13-14-4-6-15(7-5-14)18(25)22-21/h1-7,12H,8-11,13,21H2,(H,22,25). The summed E-state index contributed by atoms with van der Waals surface area (Å²) in [6.07, 6.45) is 0. The van der Waals surface area contributed by atoms with Crippen molar-refractivity contribution in [3.8, 4) is 0 Å². The number of amides is 3. The molecule has 1 heterocycles. The molecule has 0 bridgehead atoms. The van der Waals surface area contributed by atoms with E-state index in [4.69, 9.17) is 10.6 Å². The number of nitrogens with two attached hydrogens (primary N) is 1. The number of hydrogen-bond acceptors (Lipinski definition) is 4. The van der Waals surface area contributed by atoms with E-state index in [2.05, 4.69) is 5.43 Å². The number of morpholine rings is 1. The average Bonchev–Trinajstić information content (AvgIpc) is 2.72. The maximum atomic E-state index is 13.7. The SMILES string of the molecule is NNC(=O)c1ccc(CN(C(=O)N2CCOCC2)c2cccc(F)c2)cc1. The van der Waals surface area contributed by atoms with Gasteiger partial charge in [0.2, 0.25) is 0 Å². The zero-order chi connectivity index (χ0) is 19.2. The summed E-state index contributed by atoms with van der Waals surface area (Å²) in [5.74, 6) is 4.32. The third-order valence-electron chi connectivity index (χ3n) is 4.32. The van der Waals surface area contributed by atoms with Gasteiger partial charge in [0.05, 0.1) is 19.8 Å². The van der Waals surface area contributed by atoms with Crippen LogP contribution in [0, 0.1) is 5.82 Å². The van der Waals surface area contributed by atoms with Crippen molar-refractivity contribution in [1.29, 1.82) is 0 Å². The monoisotopic (exact) mass is 372 g/mol. The molecule has 1 aliphatic rings. The van der Waals surface area contributed by atoms with Gasteiger partial charge in [0.1, 0.15) is 5.82 Å². The van der Waals surface area contributed by atoms with Crippen molar-refractivity contribution in [3.05, 3.63) is 65.5 Å². The Morgan fingerprint density at radius 3 is 2.48 bits per heavy atom. The zero-order valence-electron chi connectivity index (χ0n) is 14.7. The van der Waals surface area contributed by atoms with Crippen LogP contribution in [0.3, 0.4) is 0 Å². The Labute approximate surface area is 156 Å². The highest BCUT2D eigenvalue weighted by Crippen LogP contribution is 2.21. The lowest BCUT2D eigenvalue weighted by Gasteiger charge is -2.33. The van der Waals surface area contributed by atoms with E-state index in [-0.39, 0.29) is 12.6 Å². The first kappa shape index (κ1) is 18.8. The zero-order valence-corrected chi connectivity index (χ0v) is 14.7. The smallest absolute Gasteiger partial charge is 0.324 e. The number of carbonyl (C=O) groups excluding carboxylic acids is 2. The number of ether oxygens (including phenoxy) is 1. The summed E-state index contributed by atoms with van der Waals surface area (Å²) in [5, 5.41) is 0. The van der Waals surface area contributed by atoms with Gasteiger partial charge in [-0.3, -0.25) is 15.1 Å². The van der Waals surface area contributed by atoms with E-state index >= 15 is 0 Å². The molecule has 0 saturated carbocycles. The molecule has 1 saturated heterocycles. The number of carbonyl (C=O) groups is 2. The van der Waals surface area contributed by atoms with Gasteiger partial charge in [0.25, 0.3) is 5.91 Å². The molecule has 27 heavy (non-hydrogen) atoms. The van der Waals surface area contributed by atoms with Gasteiger partial charge in [-0.25, -0.2) is 15.0 Å². The molecular formula is C19H21FN4O3. The Hall–Kier alpha value is -2.97. The molecule has 1 aliphatic heterocycles. The van der Waals surface area contributed by atoms with E-state index in [1.807, 2.05) is 0 Å². The van der Waals surface area contributed by atoms with Crippen molar-refractivity contribution in [1.82, 2.24) is 10.3 Å². The molecule has 3 rings (SSSR count). The number of halogens is 1. The lowest BCUT2D eigenvalue weighted by atomic mass is 10.1. The summed E-state index contributed by atoms with van der Waals surface area (Å²) < 4.78 is 19.0. The molecule has 0 spiro atoms. The largest absolute Gasteiger partial charge is 0.378 e. The van der Waals surface area contributed by atoms with Crippen LogP contribution in [-0.4, -0.2) is 43.1 Å². The highest BCUT2D eigenvalue weighted by molar-refractivity contribution is 5.94. The lowest BCUT2D eigenvalue weighted by Crippen LogP contribution is -2.48. The maximum absolute atomic E-state index is 13.7. The minimum atomic E-state index is -0.415. The van der Waals surface area contributed by atoms with Gasteiger partial charge in [-0.2, -0.15) is 0 Å². The number of nitrogens with one attached hydrogen (secondary N) is 1. The van der Waals surface area contributed by atoms with Crippen LogP contribution in [0.1, 0.15) is 15.9 Å². The second kappa shape index (κ2) is 8.61. The van der Waals surface area contributed by atoms with Crippen molar-refractivity contribution in [2.45, 2.75) is 6.54 Å². The van der Waals surface area contributed by atoms with Gasteiger partial charge in [-0.05, 0) is 35.9 Å². The summed E-state index contributed by atoms with van der Waals surface area (Å²) in [7, 11) is 0. The first-order chi connectivity index (χ1) is 13.1. The fourth-order valence-corrected chi connectivity index (χ4v) is 2.87. The van der Waals surface area contributed by atoms with E-state index in [1.165, 1.54) is 17.0 Å². The highest BCUT2D eigenvalue weighted by atomic mass is 19.1. The number of benzene rings is 2. The van der Waals surface area contributed by atoms with Crippen LogP contribution in [0.4, 0.5) is 14.9 Å². The number of rotatable bonds is 4. The molecule has 3 N–H and O–H groups in total. The molecule has 7 nitrogen and oxygen atoms in total. The average molecular weight is 372 g/mol. The summed E-state index contributed by atoms with van der Waals surface area (Å²) in [5.41, 5.74) is 3.75. The van der Waals surface area contributed by atoms with Crippen molar-refractivity contribution in [2.24, 2.45) is 5.84 Å². The van der Waals surface area contributed by atoms with Crippen LogP contribution >= 0.6 is 0 Å². The summed E-state index contributed by atoms with van der Waals surface area (Å²) in [6, 6.07) is 12.4. The van der Waals surface area contributed by atoms with Gasteiger partial charge in [-0.15, -0.1) is 0 Å². The van der Waals surface area contributed by atoms with Gasteiger partial charge >= 0.3 is 6.03 Å². The molecule has 2 aromatic carbocycles. The van der Waals surface area contributed by atoms with Crippen molar-refractivity contribution >= 4 is 17.6 Å². The van der Waals surface area contributed by atoms with E-state index in [1.54, 1.807) is 41.3 Å². The predicted octanol–water partition coefficient (Wildman–Crippen LogP) is 1.89. The van der Waals surface area contributed by atoms with Gasteiger partial charge in [0.15, 0.2) is 0 Å². The first-order valence-electron chi connectivity index (χ1n) is 8.58. The Morgan fingerprint density at radius 1 is 1.15 bits per heavy atom. The third kappa shape index (κ3) is 4.60. The van der Waals surface area contributed by atoms with E-state index in [0.717, 1.165) is 5.56 Å². The Balaban J connectivity index is 1.85. The molecule has 3 amide bonds. The predicted molar refractivity (Wildman–Crippen MR) is 98.5 cm³/mol. The molecule has 0 aliphatic carbocycles. The van der Waals surface area contributed by atoms with Gasteiger partial charge in [-0.1, -0.05) is 18.2 Å². The second-order valence-corrected chi connectivity index (χ2v) is 6.12. The minimum absolute atomic E-state index is 0.215. The molecule has 0 aromatic heterocycles. The lowest BCUT2D eigenvalue weighted by molar-refractivity contribution is 0.0548. The molecule has 0 atom stereocenters. The number of nitrogen functional groups attached to an aromatic ring is 1. The summed E-state index contributed by atoms with van der Waals surface area (Å²) in [6.45, 7) is 2.17. The molecule has 8 heteroatoms. The van der Waals surface area contributed by atoms with Crippen LogP contribution in [0.5, 0.6) is 0 Å². The Morgan fingerprint density at radius 2 is 1.85 bits per heavy atom.